The minimum absolute atomic E-state index is 0.0936. The van der Waals surface area contributed by atoms with E-state index in [2.05, 4.69) is 27.3 Å². The fourth-order valence-corrected chi connectivity index (χ4v) is 7.46. The molecule has 0 radical (unpaired) electrons. The van der Waals surface area contributed by atoms with Crippen molar-refractivity contribution >= 4 is 5.78 Å². The summed E-state index contributed by atoms with van der Waals surface area (Å²) in [5, 5.41) is 13.1. The smallest absolute Gasteiger partial charge is 0.151 e. The van der Waals surface area contributed by atoms with E-state index in [9.17, 15) is 10.1 Å². The van der Waals surface area contributed by atoms with Gasteiger partial charge in [-0.25, -0.2) is 4.39 Å². The molecule has 7 nitrogen and oxygen atoms in total. The number of likely N-dealkylation sites (tertiary alicyclic amines) is 1. The zero-order chi connectivity index (χ0) is 26.6. The van der Waals surface area contributed by atoms with Crippen molar-refractivity contribution in [2.75, 3.05) is 26.3 Å². The number of rotatable bonds is 7. The molecule has 4 atom stereocenters. The van der Waals surface area contributed by atoms with E-state index in [1.165, 1.54) is 11.6 Å². The molecule has 8 heteroatoms. The van der Waals surface area contributed by atoms with Crippen LogP contribution in [0.4, 0.5) is 4.39 Å². The molecule has 204 valence electrons. The number of carbonyl (C=O) groups excluding carboxylic acids is 1. The van der Waals surface area contributed by atoms with E-state index in [0.717, 1.165) is 69.7 Å². The van der Waals surface area contributed by atoms with E-state index >= 15 is 4.39 Å². The van der Waals surface area contributed by atoms with E-state index in [0.29, 0.717) is 35.7 Å². The van der Waals surface area contributed by atoms with Crippen LogP contribution in [0.1, 0.15) is 55.2 Å². The van der Waals surface area contributed by atoms with Gasteiger partial charge in [0.05, 0.1) is 55.2 Å². The number of aromatic nitrogens is 1. The first-order chi connectivity index (χ1) is 19.0. The summed E-state index contributed by atoms with van der Waals surface area (Å²) >= 11 is 0. The van der Waals surface area contributed by atoms with Gasteiger partial charge in [-0.3, -0.25) is 14.7 Å². The summed E-state index contributed by atoms with van der Waals surface area (Å²) in [5.74, 6) is -0.406. The van der Waals surface area contributed by atoms with E-state index in [-0.39, 0.29) is 36.1 Å². The Morgan fingerprint density at radius 3 is 2.77 bits per heavy atom. The molecule has 1 saturated carbocycles. The van der Waals surface area contributed by atoms with Crippen molar-refractivity contribution in [3.63, 3.8) is 0 Å². The van der Waals surface area contributed by atoms with E-state index in [1.807, 2.05) is 12.3 Å². The summed E-state index contributed by atoms with van der Waals surface area (Å²) in [5.41, 5.74) is 3.90. The van der Waals surface area contributed by atoms with Gasteiger partial charge in [0, 0.05) is 42.9 Å². The number of nitrogens with zero attached hydrogens (tertiary/aromatic N) is 3. The lowest BCUT2D eigenvalue weighted by Crippen LogP contribution is -2.54. The van der Waals surface area contributed by atoms with Crippen LogP contribution < -0.4 is 5.32 Å². The quantitative estimate of drug-likeness (QED) is 0.581. The third-order valence-electron chi connectivity index (χ3n) is 9.88. The number of nitrogens with one attached hydrogen (secondary N) is 1. The van der Waals surface area contributed by atoms with Crippen molar-refractivity contribution in [3.05, 3.63) is 53.0 Å². The maximum absolute atomic E-state index is 15.3. The van der Waals surface area contributed by atoms with Crippen LogP contribution in [0, 0.1) is 29.0 Å². The first kappa shape index (κ1) is 25.3. The molecule has 1 aromatic carbocycles. The van der Waals surface area contributed by atoms with Gasteiger partial charge in [0.1, 0.15) is 5.82 Å². The molecule has 3 saturated heterocycles. The number of pyridine rings is 1. The molecule has 4 fully saturated rings. The minimum atomic E-state index is -0.536. The Bertz CT molecular complexity index is 1310. The van der Waals surface area contributed by atoms with Gasteiger partial charge < -0.3 is 14.8 Å². The summed E-state index contributed by atoms with van der Waals surface area (Å²) in [4.78, 5) is 20.0. The van der Waals surface area contributed by atoms with Crippen molar-refractivity contribution in [2.24, 2.45) is 11.8 Å². The molecular formula is C31H35FN4O3. The molecule has 5 aliphatic rings. The maximum Gasteiger partial charge on any atom is 0.151 e. The van der Waals surface area contributed by atoms with Crippen LogP contribution >= 0.6 is 0 Å². The molecule has 2 aromatic rings. The average molecular weight is 531 g/mol. The molecule has 1 aromatic heterocycles. The van der Waals surface area contributed by atoms with Gasteiger partial charge in [0.15, 0.2) is 5.78 Å². The zero-order valence-electron chi connectivity index (χ0n) is 22.2. The molecule has 2 bridgehead atoms. The Labute approximate surface area is 228 Å². The second-order valence-electron chi connectivity index (χ2n) is 12.2. The zero-order valence-corrected chi connectivity index (χ0v) is 22.2. The van der Waals surface area contributed by atoms with Gasteiger partial charge in [-0.2, -0.15) is 5.26 Å². The number of ketones is 1. The largest absolute Gasteiger partial charge is 0.378 e. The molecule has 1 N–H and O–H groups in total. The van der Waals surface area contributed by atoms with Crippen LogP contribution in [0.25, 0.3) is 11.3 Å². The van der Waals surface area contributed by atoms with Crippen LogP contribution in [0.3, 0.4) is 0 Å². The Hall–Kier alpha value is -2.70. The number of hydrogen-bond donors (Lipinski definition) is 1. The van der Waals surface area contributed by atoms with Crippen molar-refractivity contribution in [1.82, 2.24) is 15.2 Å². The number of halogens is 1. The maximum atomic E-state index is 15.3. The highest BCUT2D eigenvalue weighted by molar-refractivity contribution is 5.85. The van der Waals surface area contributed by atoms with E-state index < -0.39 is 5.92 Å². The second-order valence-corrected chi connectivity index (χ2v) is 12.2. The number of ether oxygens (including phenoxy) is 2. The van der Waals surface area contributed by atoms with Crippen LogP contribution in [0.2, 0.25) is 0 Å². The lowest BCUT2D eigenvalue weighted by molar-refractivity contribution is -0.122. The topological polar surface area (TPSA) is 87.5 Å². The Kier molecular flexibility index (Phi) is 6.51. The van der Waals surface area contributed by atoms with Crippen molar-refractivity contribution in [3.8, 4) is 17.3 Å². The summed E-state index contributed by atoms with van der Waals surface area (Å²) in [6.45, 7) is 4.17. The number of piperidine rings is 2. The number of benzene rings is 1. The van der Waals surface area contributed by atoms with E-state index in [4.69, 9.17) is 9.47 Å². The summed E-state index contributed by atoms with van der Waals surface area (Å²) in [6, 6.07) is 10.3. The standard InChI is InChI=1S/C31H35FN4O3/c32-27-12-21(2-1-20(27)9-19(14-33)10-29(37)30-22-3-4-24(11-22)35-30)28-13-26-23(15-34-28)16-39-31(26)5-7-36(8-6-31)25-17-38-18-25/h1-2,12-13,15,19,22,24-25,30,35H,3-11,16-18H2/t19-,22+,24-,30?/m1/s1. The van der Waals surface area contributed by atoms with Gasteiger partial charge in [0.25, 0.3) is 0 Å². The molecule has 0 amide bonds. The molecule has 1 unspecified atom stereocenters. The Morgan fingerprint density at radius 2 is 2.10 bits per heavy atom. The molecular weight excluding hydrogens is 495 g/mol. The summed E-state index contributed by atoms with van der Waals surface area (Å²) < 4.78 is 27.0. The Balaban J connectivity index is 1.04. The normalized spacial score (nSPS) is 28.3. The molecule has 5 heterocycles. The first-order valence-corrected chi connectivity index (χ1v) is 14.4. The molecule has 1 aliphatic carbocycles. The van der Waals surface area contributed by atoms with Gasteiger partial charge in [-0.05, 0) is 67.7 Å². The lowest BCUT2D eigenvalue weighted by Gasteiger charge is -2.45. The van der Waals surface area contributed by atoms with Crippen molar-refractivity contribution in [1.29, 1.82) is 5.26 Å². The summed E-state index contributed by atoms with van der Waals surface area (Å²) in [6.07, 6.45) is 7.40. The lowest BCUT2D eigenvalue weighted by atomic mass is 9.83. The number of fused-ring (bicyclic) bond motifs is 4. The second kappa shape index (κ2) is 10.0. The number of Topliss-reactive ketones (excluding diaryl/α,β-unsaturated/α-hetero) is 1. The minimum Gasteiger partial charge on any atom is -0.378 e. The predicted octanol–water partition coefficient (Wildman–Crippen LogP) is 3.89. The van der Waals surface area contributed by atoms with Crippen LogP contribution in [-0.2, 0) is 32.9 Å². The third kappa shape index (κ3) is 4.59. The van der Waals surface area contributed by atoms with E-state index in [1.54, 1.807) is 6.07 Å². The SMILES string of the molecule is N#C[C@@H](CC(=O)C1N[C@@H]2CC[C@H]1C2)Cc1ccc(-c2cc3c(cn2)COC32CCN(C3COC3)CC2)cc1F. The van der Waals surface area contributed by atoms with Gasteiger partial charge >= 0.3 is 0 Å². The van der Waals surface area contributed by atoms with Crippen LogP contribution in [-0.4, -0.2) is 60.1 Å². The highest BCUT2D eigenvalue weighted by Crippen LogP contribution is 2.45. The molecule has 1 spiro atoms. The first-order valence-electron chi connectivity index (χ1n) is 14.4. The molecule has 39 heavy (non-hydrogen) atoms. The van der Waals surface area contributed by atoms with Crippen LogP contribution in [0.5, 0.6) is 0 Å². The number of hydrogen-bond acceptors (Lipinski definition) is 7. The number of carbonyl (C=O) groups is 1. The fraction of sp³-hybridized carbons (Fsp3) is 0.581. The Morgan fingerprint density at radius 1 is 1.26 bits per heavy atom. The average Bonchev–Trinajstić information content (AvgIpc) is 3.65. The summed E-state index contributed by atoms with van der Waals surface area (Å²) in [7, 11) is 0. The molecule has 4 aliphatic heterocycles. The van der Waals surface area contributed by atoms with Gasteiger partial charge in [-0.15, -0.1) is 0 Å². The van der Waals surface area contributed by atoms with Crippen LogP contribution in [0.15, 0.2) is 30.5 Å². The number of nitriles is 1. The highest BCUT2D eigenvalue weighted by Gasteiger charge is 2.45. The predicted molar refractivity (Wildman–Crippen MR) is 142 cm³/mol. The highest BCUT2D eigenvalue weighted by atomic mass is 19.1. The molecule has 7 rings (SSSR count). The van der Waals surface area contributed by atoms with Crippen molar-refractivity contribution in [2.45, 2.75) is 75.3 Å². The van der Waals surface area contributed by atoms with Gasteiger partial charge in [0.2, 0.25) is 0 Å². The fourth-order valence-electron chi connectivity index (χ4n) is 7.46. The third-order valence-corrected chi connectivity index (χ3v) is 9.88. The van der Waals surface area contributed by atoms with Gasteiger partial charge in [-0.1, -0.05) is 12.1 Å². The van der Waals surface area contributed by atoms with Crippen molar-refractivity contribution < 1.29 is 18.7 Å². The monoisotopic (exact) mass is 530 g/mol.